The van der Waals surface area contributed by atoms with E-state index in [2.05, 4.69) is 20.3 Å². The molecule has 0 saturated carbocycles. The van der Waals surface area contributed by atoms with Gasteiger partial charge in [-0.25, -0.2) is 15.0 Å². The Balaban J connectivity index is 1.78. The van der Waals surface area contributed by atoms with E-state index in [4.69, 9.17) is 5.26 Å². The Morgan fingerprint density at radius 3 is 2.28 bits per heavy atom. The summed E-state index contributed by atoms with van der Waals surface area (Å²) in [5.74, 6) is 1.03. The maximum absolute atomic E-state index is 12.2. The van der Waals surface area contributed by atoms with Crippen molar-refractivity contribution < 1.29 is 4.79 Å². The minimum absolute atomic E-state index is 0.285. The molecule has 2 aromatic heterocycles. The summed E-state index contributed by atoms with van der Waals surface area (Å²) in [5.41, 5.74) is 3.36. The quantitative estimate of drug-likeness (QED) is 0.795. The molecule has 0 atom stereocenters. The molecule has 0 radical (unpaired) electrons. The van der Waals surface area contributed by atoms with Crippen molar-refractivity contribution >= 4 is 11.6 Å². The van der Waals surface area contributed by atoms with E-state index in [1.807, 2.05) is 31.4 Å². The Bertz CT molecular complexity index is 965. The van der Waals surface area contributed by atoms with Crippen LogP contribution < -0.4 is 5.32 Å². The van der Waals surface area contributed by atoms with Gasteiger partial charge in [-0.15, -0.1) is 0 Å². The van der Waals surface area contributed by atoms with E-state index in [0.717, 1.165) is 17.2 Å². The second-order valence-electron chi connectivity index (χ2n) is 5.58. The summed E-state index contributed by atoms with van der Waals surface area (Å²) in [6.07, 6.45) is 3.11. The summed E-state index contributed by atoms with van der Waals surface area (Å²) < 4.78 is 1.86. The van der Waals surface area contributed by atoms with Crippen molar-refractivity contribution in [1.29, 1.82) is 5.26 Å². The number of nitriles is 1. The SMILES string of the molecule is Cc1nc(C)n(-c2ncc(NC(=O)c3ccc(C#N)cc3)cn2)c1C. The molecule has 1 N–H and O–H groups in total. The number of rotatable bonds is 3. The number of nitrogens with zero attached hydrogens (tertiary/aromatic N) is 5. The standard InChI is InChI=1S/C18H16N6O/c1-11-12(2)24(13(3)22-11)18-20-9-16(10-21-18)23-17(25)15-6-4-14(8-19)5-7-15/h4-7,9-10H,1-3H3,(H,23,25). The van der Waals surface area contributed by atoms with E-state index < -0.39 is 0 Å². The van der Waals surface area contributed by atoms with Crippen molar-refractivity contribution in [3.05, 3.63) is 65.0 Å². The van der Waals surface area contributed by atoms with Gasteiger partial charge in [0.05, 0.1) is 35.4 Å². The summed E-state index contributed by atoms with van der Waals surface area (Å²) in [6.45, 7) is 5.79. The number of aromatic nitrogens is 4. The molecule has 25 heavy (non-hydrogen) atoms. The minimum atomic E-state index is -0.285. The minimum Gasteiger partial charge on any atom is -0.319 e. The summed E-state index contributed by atoms with van der Waals surface area (Å²) in [4.78, 5) is 25.2. The third-order valence-corrected chi connectivity index (χ3v) is 3.88. The molecule has 0 spiro atoms. The van der Waals surface area contributed by atoms with Gasteiger partial charge in [-0.05, 0) is 45.0 Å². The van der Waals surface area contributed by atoms with Crippen molar-refractivity contribution in [1.82, 2.24) is 19.5 Å². The van der Waals surface area contributed by atoms with Gasteiger partial charge in [-0.3, -0.25) is 9.36 Å². The largest absolute Gasteiger partial charge is 0.319 e. The van der Waals surface area contributed by atoms with Crippen LogP contribution in [0.1, 0.15) is 33.1 Å². The van der Waals surface area contributed by atoms with Crippen LogP contribution in [0.4, 0.5) is 5.69 Å². The van der Waals surface area contributed by atoms with Gasteiger partial charge in [-0.1, -0.05) is 0 Å². The highest BCUT2D eigenvalue weighted by atomic mass is 16.1. The number of aryl methyl sites for hydroxylation is 2. The van der Waals surface area contributed by atoms with Gasteiger partial charge in [-0.2, -0.15) is 5.26 Å². The van der Waals surface area contributed by atoms with Gasteiger partial charge in [0.1, 0.15) is 5.82 Å². The molecule has 124 valence electrons. The second-order valence-corrected chi connectivity index (χ2v) is 5.58. The average molecular weight is 332 g/mol. The van der Waals surface area contributed by atoms with Crippen LogP contribution in [0.15, 0.2) is 36.7 Å². The number of imidazole rings is 1. The molecule has 7 heteroatoms. The Hall–Kier alpha value is -3.53. The molecule has 0 bridgehead atoms. The van der Waals surface area contributed by atoms with E-state index in [1.165, 1.54) is 0 Å². The van der Waals surface area contributed by atoms with Gasteiger partial charge >= 0.3 is 0 Å². The number of hydrogen-bond acceptors (Lipinski definition) is 5. The number of nitrogens with one attached hydrogen (secondary N) is 1. The first-order valence-corrected chi connectivity index (χ1v) is 7.66. The van der Waals surface area contributed by atoms with Gasteiger partial charge in [0.2, 0.25) is 5.95 Å². The molecule has 0 aliphatic rings. The van der Waals surface area contributed by atoms with Crippen molar-refractivity contribution in [3.63, 3.8) is 0 Å². The molecule has 1 aromatic carbocycles. The Labute approximate surface area is 145 Å². The molecular weight excluding hydrogens is 316 g/mol. The number of hydrogen-bond donors (Lipinski definition) is 1. The predicted octanol–water partition coefficient (Wildman–Crippen LogP) is 2.71. The van der Waals surface area contributed by atoms with Gasteiger partial charge < -0.3 is 5.32 Å². The lowest BCUT2D eigenvalue weighted by Crippen LogP contribution is -2.13. The van der Waals surface area contributed by atoms with E-state index in [1.54, 1.807) is 36.7 Å². The number of benzene rings is 1. The Morgan fingerprint density at radius 2 is 1.76 bits per heavy atom. The van der Waals surface area contributed by atoms with Crippen LogP contribution in [-0.4, -0.2) is 25.4 Å². The predicted molar refractivity (Wildman–Crippen MR) is 92.5 cm³/mol. The molecule has 2 heterocycles. The smallest absolute Gasteiger partial charge is 0.255 e. The van der Waals surface area contributed by atoms with Crippen molar-refractivity contribution in [3.8, 4) is 12.0 Å². The third-order valence-electron chi connectivity index (χ3n) is 3.88. The molecule has 0 unspecified atom stereocenters. The molecule has 3 rings (SSSR count). The lowest BCUT2D eigenvalue weighted by Gasteiger charge is -2.08. The van der Waals surface area contributed by atoms with Crippen LogP contribution in [0.2, 0.25) is 0 Å². The summed E-state index contributed by atoms with van der Waals surface area (Å²) in [6, 6.07) is 8.42. The molecule has 7 nitrogen and oxygen atoms in total. The molecule has 0 aliphatic carbocycles. The van der Waals surface area contributed by atoms with Crippen LogP contribution in [0.3, 0.4) is 0 Å². The van der Waals surface area contributed by atoms with Crippen LogP contribution in [-0.2, 0) is 0 Å². The molecule has 0 saturated heterocycles. The van der Waals surface area contributed by atoms with E-state index in [-0.39, 0.29) is 5.91 Å². The maximum atomic E-state index is 12.2. The normalized spacial score (nSPS) is 10.3. The van der Waals surface area contributed by atoms with Crippen molar-refractivity contribution in [2.75, 3.05) is 5.32 Å². The maximum Gasteiger partial charge on any atom is 0.255 e. The summed E-state index contributed by atoms with van der Waals surface area (Å²) in [5, 5.41) is 11.5. The topological polar surface area (TPSA) is 96.5 Å². The van der Waals surface area contributed by atoms with Crippen LogP contribution >= 0.6 is 0 Å². The fourth-order valence-electron chi connectivity index (χ4n) is 2.47. The fraction of sp³-hybridized carbons (Fsp3) is 0.167. The van der Waals surface area contributed by atoms with Crippen LogP contribution in [0, 0.1) is 32.1 Å². The van der Waals surface area contributed by atoms with Crippen molar-refractivity contribution in [2.24, 2.45) is 0 Å². The first-order valence-electron chi connectivity index (χ1n) is 7.66. The highest BCUT2D eigenvalue weighted by Crippen LogP contribution is 2.15. The fourth-order valence-corrected chi connectivity index (χ4v) is 2.47. The molecule has 1 amide bonds. The molecule has 0 fully saturated rings. The number of carbonyl (C=O) groups excluding carboxylic acids is 1. The van der Waals surface area contributed by atoms with Crippen LogP contribution in [0.25, 0.3) is 5.95 Å². The zero-order valence-corrected chi connectivity index (χ0v) is 14.1. The highest BCUT2D eigenvalue weighted by Gasteiger charge is 2.12. The number of anilines is 1. The summed E-state index contributed by atoms with van der Waals surface area (Å²) in [7, 11) is 0. The Kier molecular flexibility index (Phi) is 4.27. The second kappa shape index (κ2) is 6.53. The number of amides is 1. The zero-order chi connectivity index (χ0) is 18.0. The lowest BCUT2D eigenvalue weighted by molar-refractivity contribution is 0.102. The van der Waals surface area contributed by atoms with Gasteiger partial charge in [0.25, 0.3) is 5.91 Å². The lowest BCUT2D eigenvalue weighted by atomic mass is 10.1. The Morgan fingerprint density at radius 1 is 1.12 bits per heavy atom. The molecule has 0 aliphatic heterocycles. The first kappa shape index (κ1) is 16.3. The van der Waals surface area contributed by atoms with Gasteiger partial charge in [0, 0.05) is 11.3 Å². The molecule has 3 aromatic rings. The van der Waals surface area contributed by atoms with Crippen LogP contribution in [0.5, 0.6) is 0 Å². The number of carbonyl (C=O) groups is 1. The van der Waals surface area contributed by atoms with E-state index in [9.17, 15) is 4.79 Å². The van der Waals surface area contributed by atoms with E-state index in [0.29, 0.717) is 22.8 Å². The van der Waals surface area contributed by atoms with Gasteiger partial charge in [0.15, 0.2) is 0 Å². The molecular formula is C18H16N6O. The summed E-state index contributed by atoms with van der Waals surface area (Å²) >= 11 is 0. The first-order chi connectivity index (χ1) is 12.0. The monoisotopic (exact) mass is 332 g/mol. The van der Waals surface area contributed by atoms with Crippen molar-refractivity contribution in [2.45, 2.75) is 20.8 Å². The zero-order valence-electron chi connectivity index (χ0n) is 14.1. The highest BCUT2D eigenvalue weighted by molar-refractivity contribution is 6.04. The third kappa shape index (κ3) is 3.23. The average Bonchev–Trinajstić information content (AvgIpc) is 2.88. The van der Waals surface area contributed by atoms with E-state index >= 15 is 0 Å².